The lowest BCUT2D eigenvalue weighted by atomic mass is 9.96. The van der Waals surface area contributed by atoms with Gasteiger partial charge in [-0.15, -0.1) is 0 Å². The van der Waals surface area contributed by atoms with Crippen LogP contribution in [-0.2, 0) is 9.47 Å². The summed E-state index contributed by atoms with van der Waals surface area (Å²) in [6, 6.07) is 8.00. The standard InChI is InChI=1S/C18H19N3O3/c1-2-4-14-13(3-1)15-16(24-14)17(20-11-19-15)21-7-5-12(6-8-21)18-22-9-10-23-18/h1-4,11-12,18H,5-10H2. The fourth-order valence-electron chi connectivity index (χ4n) is 3.77. The van der Waals surface area contributed by atoms with Crippen molar-refractivity contribution in [3.8, 4) is 0 Å². The Balaban J connectivity index is 1.45. The average molecular weight is 325 g/mol. The number of fused-ring (bicyclic) bond motifs is 3. The molecule has 2 fully saturated rings. The van der Waals surface area contributed by atoms with Gasteiger partial charge >= 0.3 is 0 Å². The molecule has 2 aromatic heterocycles. The normalized spacial score (nSPS) is 20.4. The molecule has 1 aromatic carbocycles. The minimum atomic E-state index is -0.0243. The first-order valence-corrected chi connectivity index (χ1v) is 8.50. The van der Waals surface area contributed by atoms with Crippen molar-refractivity contribution < 1.29 is 13.9 Å². The molecule has 0 unspecified atom stereocenters. The third kappa shape index (κ3) is 2.25. The number of hydrogen-bond donors (Lipinski definition) is 0. The molecule has 124 valence electrons. The first-order chi connectivity index (χ1) is 11.9. The summed E-state index contributed by atoms with van der Waals surface area (Å²) in [4.78, 5) is 11.2. The summed E-state index contributed by atoms with van der Waals surface area (Å²) < 4.78 is 17.4. The van der Waals surface area contributed by atoms with Crippen LogP contribution in [-0.4, -0.2) is 42.6 Å². The van der Waals surface area contributed by atoms with Crippen LogP contribution in [0.2, 0.25) is 0 Å². The maximum atomic E-state index is 6.05. The third-order valence-electron chi connectivity index (χ3n) is 5.01. The molecule has 0 bridgehead atoms. The van der Waals surface area contributed by atoms with Crippen molar-refractivity contribution in [2.75, 3.05) is 31.2 Å². The van der Waals surface area contributed by atoms with Gasteiger partial charge < -0.3 is 18.8 Å². The van der Waals surface area contributed by atoms with Crippen LogP contribution in [0.15, 0.2) is 35.0 Å². The fourth-order valence-corrected chi connectivity index (χ4v) is 3.77. The Morgan fingerprint density at radius 3 is 2.62 bits per heavy atom. The van der Waals surface area contributed by atoms with Gasteiger partial charge in [0.05, 0.1) is 13.2 Å². The second-order valence-corrected chi connectivity index (χ2v) is 6.41. The molecule has 0 aliphatic carbocycles. The first-order valence-electron chi connectivity index (χ1n) is 8.50. The molecule has 0 atom stereocenters. The van der Waals surface area contributed by atoms with Crippen molar-refractivity contribution in [1.82, 2.24) is 9.97 Å². The van der Waals surface area contributed by atoms with Gasteiger partial charge in [-0.05, 0) is 25.0 Å². The van der Waals surface area contributed by atoms with Crippen LogP contribution >= 0.6 is 0 Å². The van der Waals surface area contributed by atoms with Crippen molar-refractivity contribution in [2.24, 2.45) is 5.92 Å². The Bertz CT molecular complexity index is 864. The highest BCUT2D eigenvalue weighted by molar-refractivity contribution is 6.05. The van der Waals surface area contributed by atoms with Gasteiger partial charge in [-0.2, -0.15) is 0 Å². The van der Waals surface area contributed by atoms with E-state index in [9.17, 15) is 0 Å². The summed E-state index contributed by atoms with van der Waals surface area (Å²) in [6.45, 7) is 3.29. The SMILES string of the molecule is c1ccc2c(c1)oc1c(N3CCC(C4OCCO4)CC3)ncnc12. The highest BCUT2D eigenvalue weighted by Gasteiger charge is 2.31. The highest BCUT2D eigenvalue weighted by Crippen LogP contribution is 2.34. The van der Waals surface area contributed by atoms with Crippen molar-refractivity contribution in [3.05, 3.63) is 30.6 Å². The number of nitrogens with zero attached hydrogens (tertiary/aromatic N) is 3. The summed E-state index contributed by atoms with van der Waals surface area (Å²) in [7, 11) is 0. The van der Waals surface area contributed by atoms with Gasteiger partial charge in [0.2, 0.25) is 0 Å². The van der Waals surface area contributed by atoms with Crippen LogP contribution in [0.5, 0.6) is 0 Å². The minimum Gasteiger partial charge on any atom is -0.450 e. The summed E-state index contributed by atoms with van der Waals surface area (Å²) in [5.41, 5.74) is 2.53. The van der Waals surface area contributed by atoms with E-state index < -0.39 is 0 Å². The maximum Gasteiger partial charge on any atom is 0.196 e. The number of furan rings is 1. The van der Waals surface area contributed by atoms with Crippen LogP contribution in [0.4, 0.5) is 5.82 Å². The number of aromatic nitrogens is 2. The van der Waals surface area contributed by atoms with Crippen molar-refractivity contribution in [3.63, 3.8) is 0 Å². The Morgan fingerprint density at radius 1 is 1.00 bits per heavy atom. The molecular weight excluding hydrogens is 306 g/mol. The van der Waals surface area contributed by atoms with E-state index in [-0.39, 0.29) is 6.29 Å². The Hall–Kier alpha value is -2.18. The van der Waals surface area contributed by atoms with Crippen LogP contribution < -0.4 is 4.90 Å². The Kier molecular flexibility index (Phi) is 3.38. The zero-order chi connectivity index (χ0) is 15.9. The molecule has 24 heavy (non-hydrogen) atoms. The molecule has 0 saturated carbocycles. The van der Waals surface area contributed by atoms with Gasteiger partial charge in [-0.3, -0.25) is 0 Å². The zero-order valence-corrected chi connectivity index (χ0v) is 13.4. The minimum absolute atomic E-state index is 0.0243. The Morgan fingerprint density at radius 2 is 1.79 bits per heavy atom. The topological polar surface area (TPSA) is 60.6 Å². The van der Waals surface area contributed by atoms with E-state index in [1.807, 2.05) is 24.3 Å². The monoisotopic (exact) mass is 325 g/mol. The summed E-state index contributed by atoms with van der Waals surface area (Å²) in [6.07, 6.45) is 3.69. The molecule has 0 N–H and O–H groups in total. The predicted molar refractivity (Wildman–Crippen MR) is 89.9 cm³/mol. The van der Waals surface area contributed by atoms with Crippen LogP contribution in [0, 0.1) is 5.92 Å². The van der Waals surface area contributed by atoms with Crippen LogP contribution in [0.3, 0.4) is 0 Å². The lowest BCUT2D eigenvalue weighted by Crippen LogP contribution is -2.38. The average Bonchev–Trinajstić information content (AvgIpc) is 3.29. The molecule has 0 radical (unpaired) electrons. The lowest BCUT2D eigenvalue weighted by molar-refractivity contribution is -0.0889. The molecule has 4 heterocycles. The second kappa shape index (κ2) is 5.72. The highest BCUT2D eigenvalue weighted by atomic mass is 16.7. The van der Waals surface area contributed by atoms with E-state index in [1.165, 1.54) is 0 Å². The molecule has 2 saturated heterocycles. The van der Waals surface area contributed by atoms with Crippen molar-refractivity contribution in [2.45, 2.75) is 19.1 Å². The number of anilines is 1. The largest absolute Gasteiger partial charge is 0.450 e. The van der Waals surface area contributed by atoms with E-state index in [1.54, 1.807) is 6.33 Å². The summed E-state index contributed by atoms with van der Waals surface area (Å²) >= 11 is 0. The first kappa shape index (κ1) is 14.2. The third-order valence-corrected chi connectivity index (χ3v) is 5.01. The van der Waals surface area contributed by atoms with Gasteiger partial charge in [-0.25, -0.2) is 9.97 Å². The number of ether oxygens (including phenoxy) is 2. The van der Waals surface area contributed by atoms with Crippen LogP contribution in [0.25, 0.3) is 22.1 Å². The zero-order valence-electron chi connectivity index (χ0n) is 13.4. The smallest absolute Gasteiger partial charge is 0.196 e. The molecule has 6 nitrogen and oxygen atoms in total. The molecule has 2 aliphatic heterocycles. The molecule has 0 spiro atoms. The second-order valence-electron chi connectivity index (χ2n) is 6.41. The van der Waals surface area contributed by atoms with Gasteiger partial charge in [0.25, 0.3) is 0 Å². The van der Waals surface area contributed by atoms with E-state index in [0.717, 1.165) is 67.0 Å². The molecule has 3 aromatic rings. The van der Waals surface area contributed by atoms with Crippen molar-refractivity contribution in [1.29, 1.82) is 0 Å². The number of para-hydroxylation sites is 1. The molecule has 6 heteroatoms. The molecular formula is C18H19N3O3. The predicted octanol–water partition coefficient (Wildman–Crippen LogP) is 2.97. The number of piperidine rings is 1. The quantitative estimate of drug-likeness (QED) is 0.722. The maximum absolute atomic E-state index is 6.05. The number of hydrogen-bond acceptors (Lipinski definition) is 6. The van der Waals surface area contributed by atoms with Gasteiger partial charge in [-0.1, -0.05) is 12.1 Å². The number of rotatable bonds is 2. The molecule has 0 amide bonds. The Labute approximate surface area is 139 Å². The van der Waals surface area contributed by atoms with E-state index in [2.05, 4.69) is 14.9 Å². The molecule has 5 rings (SSSR count). The van der Waals surface area contributed by atoms with Crippen LogP contribution in [0.1, 0.15) is 12.8 Å². The van der Waals surface area contributed by atoms with E-state index in [0.29, 0.717) is 5.92 Å². The van der Waals surface area contributed by atoms with Gasteiger partial charge in [0.15, 0.2) is 17.7 Å². The van der Waals surface area contributed by atoms with E-state index in [4.69, 9.17) is 13.9 Å². The summed E-state index contributed by atoms with van der Waals surface area (Å²) in [5.74, 6) is 1.36. The number of benzene rings is 1. The van der Waals surface area contributed by atoms with Gasteiger partial charge in [0.1, 0.15) is 17.4 Å². The lowest BCUT2D eigenvalue weighted by Gasteiger charge is -2.34. The fraction of sp³-hybridized carbons (Fsp3) is 0.444. The summed E-state index contributed by atoms with van der Waals surface area (Å²) in [5, 5.41) is 1.04. The van der Waals surface area contributed by atoms with Crippen molar-refractivity contribution >= 4 is 27.9 Å². The van der Waals surface area contributed by atoms with Gasteiger partial charge in [0, 0.05) is 24.4 Å². The van der Waals surface area contributed by atoms with E-state index >= 15 is 0 Å². The molecule has 2 aliphatic rings.